The molecule has 2 aromatic carbocycles. The molecule has 1 heterocycles. The molecule has 6 nitrogen and oxygen atoms in total. The van der Waals surface area contributed by atoms with Gasteiger partial charge in [-0.2, -0.15) is 4.99 Å². The van der Waals surface area contributed by atoms with E-state index >= 15 is 0 Å². The number of aromatic nitrogens is 1. The van der Waals surface area contributed by atoms with E-state index in [1.807, 2.05) is 71.6 Å². The van der Waals surface area contributed by atoms with Crippen molar-refractivity contribution in [3.05, 3.63) is 90.3 Å². The standard InChI is InChI=1S/C22H19N3O3.F6P/c26-17-23-20-8-4-18(5-9-20)16-19-6-10-21(11-7-19)24-22(27)28-15-14-25-12-2-1-3-13-25;1-7(2,3,4,5)6/h1-13H,14-16H2;/q;-1/p+1. The minimum Gasteiger partial charge on any atom is -0.443 e. The van der Waals surface area contributed by atoms with Crippen molar-refractivity contribution < 1.29 is 44.1 Å². The summed E-state index contributed by atoms with van der Waals surface area (Å²) in [6.45, 7) is 0.896. The number of nitrogens with one attached hydrogen (secondary N) is 1. The van der Waals surface area contributed by atoms with Crippen LogP contribution in [0, 0.1) is 0 Å². The second-order valence-electron chi connectivity index (χ2n) is 7.08. The number of halogens is 6. The minimum atomic E-state index is -10.7. The predicted octanol–water partition coefficient (Wildman–Crippen LogP) is 7.16. The van der Waals surface area contributed by atoms with Crippen LogP contribution in [-0.2, 0) is 22.5 Å². The van der Waals surface area contributed by atoms with Crippen LogP contribution in [0.4, 0.5) is 41.4 Å². The number of ether oxygens (including phenoxy) is 1. The number of hydrogen-bond donors (Lipinski definition) is 1. The molecule has 0 saturated heterocycles. The van der Waals surface area contributed by atoms with Crippen LogP contribution < -0.4 is 9.88 Å². The van der Waals surface area contributed by atoms with Gasteiger partial charge in [-0.05, 0) is 41.8 Å². The maximum atomic E-state index is 11.9. The molecule has 3 rings (SSSR count). The second kappa shape index (κ2) is 10.7. The van der Waals surface area contributed by atoms with Gasteiger partial charge in [0.05, 0.1) is 5.69 Å². The van der Waals surface area contributed by atoms with Gasteiger partial charge in [0.25, 0.3) is 0 Å². The Balaban J connectivity index is 0.000000540. The van der Waals surface area contributed by atoms with Crippen LogP contribution in [0.3, 0.4) is 0 Å². The Morgan fingerprint density at radius 1 is 0.886 bits per heavy atom. The molecule has 0 bridgehead atoms. The van der Waals surface area contributed by atoms with E-state index in [0.717, 1.165) is 17.5 Å². The van der Waals surface area contributed by atoms with Crippen LogP contribution in [0.5, 0.6) is 0 Å². The van der Waals surface area contributed by atoms with Crippen molar-refractivity contribution in [3.8, 4) is 0 Å². The first-order valence-electron chi connectivity index (χ1n) is 9.88. The van der Waals surface area contributed by atoms with E-state index in [9.17, 15) is 34.8 Å². The average Bonchev–Trinajstić information content (AvgIpc) is 2.75. The first-order valence-corrected chi connectivity index (χ1v) is 11.9. The molecule has 0 aliphatic heterocycles. The van der Waals surface area contributed by atoms with Gasteiger partial charge in [-0.3, -0.25) is 5.32 Å². The topological polar surface area (TPSA) is 71.6 Å². The molecule has 1 amide bonds. The number of pyridine rings is 1. The van der Waals surface area contributed by atoms with Crippen LogP contribution in [-0.4, -0.2) is 18.8 Å². The Labute approximate surface area is 196 Å². The molecule has 13 heteroatoms. The first-order chi connectivity index (χ1) is 16.2. The van der Waals surface area contributed by atoms with Gasteiger partial charge >= 0.3 is 39.1 Å². The molecule has 0 fully saturated rings. The number of carbonyl (C=O) groups excluding carboxylic acids is 2. The number of amides is 1. The Morgan fingerprint density at radius 2 is 1.40 bits per heavy atom. The molecule has 0 atom stereocenters. The number of anilines is 1. The molecule has 1 N–H and O–H groups in total. The van der Waals surface area contributed by atoms with E-state index in [1.165, 1.54) is 6.08 Å². The molecule has 1 aromatic heterocycles. The number of isocyanates is 1. The van der Waals surface area contributed by atoms with Gasteiger partial charge < -0.3 is 4.74 Å². The maximum absolute atomic E-state index is 11.9. The average molecular weight is 519 g/mol. The second-order valence-corrected chi connectivity index (χ2v) is 8.99. The van der Waals surface area contributed by atoms with Gasteiger partial charge in [-0.25, -0.2) is 14.2 Å². The molecule has 0 aliphatic carbocycles. The molecule has 3 aromatic rings. The predicted molar refractivity (Wildman–Crippen MR) is 119 cm³/mol. The molecular weight excluding hydrogens is 499 g/mol. The van der Waals surface area contributed by atoms with E-state index in [0.29, 0.717) is 24.5 Å². The SMILES string of the molecule is F[P-](F)(F)(F)(F)F.O=C=Nc1ccc(Cc2ccc(NC(=O)OCC[n+]3ccccc3)cc2)cc1. The zero-order valence-corrected chi connectivity index (χ0v) is 18.9. The minimum absolute atomic E-state index is 0.294. The zero-order chi connectivity index (χ0) is 26.0. The van der Waals surface area contributed by atoms with Gasteiger partial charge in [0.15, 0.2) is 25.5 Å². The van der Waals surface area contributed by atoms with Crippen LogP contribution in [0.25, 0.3) is 0 Å². The number of carbonyl (C=O) groups is 1. The van der Waals surface area contributed by atoms with Gasteiger partial charge in [0.1, 0.15) is 0 Å². The third kappa shape index (κ3) is 14.2. The first kappa shape index (κ1) is 27.5. The summed E-state index contributed by atoms with van der Waals surface area (Å²) in [5, 5.41) is 2.72. The quantitative estimate of drug-likeness (QED) is 0.118. The summed E-state index contributed by atoms with van der Waals surface area (Å²) in [5.74, 6) is 0. The van der Waals surface area contributed by atoms with Crippen LogP contribution in [0.2, 0.25) is 0 Å². The van der Waals surface area contributed by atoms with Crippen LogP contribution in [0.15, 0.2) is 84.1 Å². The van der Waals surface area contributed by atoms with E-state index in [1.54, 1.807) is 12.1 Å². The van der Waals surface area contributed by atoms with Gasteiger partial charge in [-0.1, -0.05) is 30.3 Å². The summed E-state index contributed by atoms with van der Waals surface area (Å²) in [7, 11) is -10.7. The summed E-state index contributed by atoms with van der Waals surface area (Å²) >= 11 is 0. The molecule has 0 saturated carbocycles. The number of nitrogens with zero attached hydrogens (tertiary/aromatic N) is 2. The van der Waals surface area contributed by atoms with E-state index in [2.05, 4.69) is 10.3 Å². The summed E-state index contributed by atoms with van der Waals surface area (Å²) in [4.78, 5) is 25.7. The smallest absolute Gasteiger partial charge is 0.411 e. The van der Waals surface area contributed by atoms with Gasteiger partial charge in [0.2, 0.25) is 6.08 Å². The molecule has 0 unspecified atom stereocenters. The van der Waals surface area contributed by atoms with Crippen LogP contribution >= 0.6 is 7.81 Å². The van der Waals surface area contributed by atoms with Crippen molar-refractivity contribution in [1.82, 2.24) is 0 Å². The summed E-state index contributed by atoms with van der Waals surface area (Å²) in [6, 6.07) is 20.8. The van der Waals surface area contributed by atoms with Gasteiger partial charge in [-0.15, -0.1) is 0 Å². The van der Waals surface area contributed by atoms with E-state index < -0.39 is 13.9 Å². The number of rotatable bonds is 7. The number of hydrogen-bond acceptors (Lipinski definition) is 4. The molecule has 0 radical (unpaired) electrons. The zero-order valence-electron chi connectivity index (χ0n) is 18.0. The molecule has 188 valence electrons. The normalized spacial score (nSPS) is 12.6. The largest absolute Gasteiger partial charge is 0.443 e. The van der Waals surface area contributed by atoms with Crippen molar-refractivity contribution in [2.45, 2.75) is 13.0 Å². The number of benzene rings is 2. The Bertz CT molecular complexity index is 1160. The molecular formula is C22H20F6N3O3P. The van der Waals surface area contributed by atoms with Crippen molar-refractivity contribution in [2.24, 2.45) is 4.99 Å². The van der Waals surface area contributed by atoms with E-state index in [-0.39, 0.29) is 0 Å². The van der Waals surface area contributed by atoms with Crippen LogP contribution in [0.1, 0.15) is 11.1 Å². The fourth-order valence-corrected chi connectivity index (χ4v) is 2.66. The summed E-state index contributed by atoms with van der Waals surface area (Å²) in [5.41, 5.74) is 3.47. The number of aliphatic imine (C=N–C) groups is 1. The third-order valence-electron chi connectivity index (χ3n) is 4.08. The molecule has 35 heavy (non-hydrogen) atoms. The van der Waals surface area contributed by atoms with E-state index in [4.69, 9.17) is 4.74 Å². The summed E-state index contributed by atoms with van der Waals surface area (Å²) < 4.78 is 66.3. The Hall–Kier alpha value is -3.75. The Morgan fingerprint density at radius 3 is 1.91 bits per heavy atom. The fourth-order valence-electron chi connectivity index (χ4n) is 2.66. The molecule has 0 aliphatic rings. The fraction of sp³-hybridized carbons (Fsp3) is 0.136. The Kier molecular flexibility index (Phi) is 8.38. The van der Waals surface area contributed by atoms with Crippen molar-refractivity contribution in [2.75, 3.05) is 11.9 Å². The van der Waals surface area contributed by atoms with Gasteiger partial charge in [0, 0.05) is 17.8 Å². The summed E-state index contributed by atoms with van der Waals surface area (Å²) in [6.07, 6.45) is 5.63. The van der Waals surface area contributed by atoms with Crippen molar-refractivity contribution in [1.29, 1.82) is 0 Å². The monoisotopic (exact) mass is 519 g/mol. The molecule has 0 spiro atoms. The van der Waals surface area contributed by atoms with Crippen molar-refractivity contribution >= 4 is 31.4 Å². The van der Waals surface area contributed by atoms with Crippen molar-refractivity contribution in [3.63, 3.8) is 0 Å². The third-order valence-corrected chi connectivity index (χ3v) is 4.08. The maximum Gasteiger partial charge on any atom is 0.411 e.